The maximum absolute atomic E-state index is 10.6. The minimum absolute atomic E-state index is 0.0933. The summed E-state index contributed by atoms with van der Waals surface area (Å²) in [6.45, 7) is 10.2. The van der Waals surface area contributed by atoms with Gasteiger partial charge in [-0.05, 0) is 75.0 Å². The van der Waals surface area contributed by atoms with Gasteiger partial charge in [-0.25, -0.2) is 14.4 Å². The van der Waals surface area contributed by atoms with Crippen LogP contribution in [0.3, 0.4) is 0 Å². The van der Waals surface area contributed by atoms with Crippen molar-refractivity contribution < 1.29 is 14.2 Å². The van der Waals surface area contributed by atoms with Crippen molar-refractivity contribution in [2.45, 2.75) is 24.7 Å². The van der Waals surface area contributed by atoms with E-state index in [0.29, 0.717) is 45.7 Å². The number of allylic oxidation sites excluding steroid dienone is 1. The summed E-state index contributed by atoms with van der Waals surface area (Å²) in [7, 11) is 0.222. The molecule has 200 valence electrons. The Hall–Kier alpha value is -3.28. The zero-order chi connectivity index (χ0) is 27.8. The highest BCUT2D eigenvalue weighted by molar-refractivity contribution is 7.82. The largest absolute Gasteiger partial charge is 0.507 e. The Bertz CT molecular complexity index is 1150. The van der Waals surface area contributed by atoms with Gasteiger partial charge in [0.1, 0.15) is 16.7 Å². The van der Waals surface area contributed by atoms with Crippen LogP contribution in [0.25, 0.3) is 5.57 Å². The molecule has 0 spiro atoms. The molecule has 0 aliphatic rings. The van der Waals surface area contributed by atoms with Crippen molar-refractivity contribution >= 4 is 46.4 Å². The molecule has 2 aromatic rings. The van der Waals surface area contributed by atoms with E-state index in [1.165, 1.54) is 11.3 Å². The summed E-state index contributed by atoms with van der Waals surface area (Å²) >= 11 is 6.24. The first kappa shape index (κ1) is 31.7. The monoisotopic (exact) mass is 546 g/mol. The molecular weight excluding hydrogens is 512 g/mol. The zero-order valence-electron chi connectivity index (χ0n) is 21.1. The SMILES string of the molecule is C=CN(OCCCCN)C(=NC)C(=C\N=C)/C=C(\C)c1c(O)cccc1Cl.Nc1cccc(S(N)=O)c1. The van der Waals surface area contributed by atoms with Gasteiger partial charge in [0.2, 0.25) is 0 Å². The number of phenols is 1. The van der Waals surface area contributed by atoms with Gasteiger partial charge in [-0.2, -0.15) is 0 Å². The lowest BCUT2D eigenvalue weighted by molar-refractivity contribution is -0.0617. The molecule has 2 aromatic carbocycles. The standard InChI is InChI=1S/C20H27ClN4O2.C6H8N2OS/c1-5-25(27-12-7-6-11-22)20(24-4)16(14-23-3)13-15(2)19-17(21)9-8-10-18(19)26;7-5-2-1-3-6(4-5)10(8)9/h5,8-10,13-14,26H,1,3,6-7,11-12,22H2,2,4H3;1-4H,7-8H2/b15-13+,16-14-,24-20?;. The van der Waals surface area contributed by atoms with E-state index >= 15 is 0 Å². The topological polar surface area (TPSA) is 153 Å². The number of phenolic OH excluding ortho intramolecular Hbond substituents is 1. The summed E-state index contributed by atoms with van der Waals surface area (Å²) in [5, 5.41) is 17.2. The van der Waals surface area contributed by atoms with Crippen LogP contribution in [-0.4, -0.2) is 47.1 Å². The molecule has 0 fully saturated rings. The van der Waals surface area contributed by atoms with E-state index < -0.39 is 11.0 Å². The van der Waals surface area contributed by atoms with Crippen LogP contribution < -0.4 is 16.6 Å². The number of nitrogens with two attached hydrogens (primary N) is 3. The van der Waals surface area contributed by atoms with Crippen molar-refractivity contribution in [2.24, 2.45) is 20.9 Å². The Morgan fingerprint density at radius 3 is 2.49 bits per heavy atom. The molecule has 0 saturated heterocycles. The molecule has 0 saturated carbocycles. The van der Waals surface area contributed by atoms with Gasteiger partial charge in [0.15, 0.2) is 5.84 Å². The van der Waals surface area contributed by atoms with Crippen LogP contribution in [0.1, 0.15) is 25.3 Å². The molecule has 0 aliphatic carbocycles. The van der Waals surface area contributed by atoms with Crippen LogP contribution in [-0.2, 0) is 15.8 Å². The molecule has 2 rings (SSSR count). The third-order valence-corrected chi connectivity index (χ3v) is 5.79. The molecule has 0 aromatic heterocycles. The minimum Gasteiger partial charge on any atom is -0.507 e. The van der Waals surface area contributed by atoms with E-state index in [4.69, 9.17) is 33.0 Å². The molecule has 0 bridgehead atoms. The van der Waals surface area contributed by atoms with Crippen molar-refractivity contribution in [3.63, 3.8) is 0 Å². The van der Waals surface area contributed by atoms with Gasteiger partial charge < -0.3 is 16.6 Å². The second-order valence-corrected chi connectivity index (χ2v) is 8.96. The number of nitrogen functional groups attached to an aromatic ring is 1. The molecule has 0 radical (unpaired) electrons. The lowest BCUT2D eigenvalue weighted by atomic mass is 10.0. The van der Waals surface area contributed by atoms with E-state index in [-0.39, 0.29) is 5.75 Å². The third-order valence-electron chi connectivity index (χ3n) is 4.75. The van der Waals surface area contributed by atoms with Gasteiger partial charge >= 0.3 is 0 Å². The number of benzene rings is 2. The third kappa shape index (κ3) is 10.7. The molecule has 9 nitrogen and oxygen atoms in total. The summed E-state index contributed by atoms with van der Waals surface area (Å²) in [6, 6.07) is 11.7. The van der Waals surface area contributed by atoms with Crippen LogP contribution >= 0.6 is 11.6 Å². The number of anilines is 1. The summed E-state index contributed by atoms with van der Waals surface area (Å²) in [4.78, 5) is 14.4. The normalized spacial score (nSPS) is 12.8. The minimum atomic E-state index is -1.42. The van der Waals surface area contributed by atoms with Crippen molar-refractivity contribution in [1.29, 1.82) is 0 Å². The molecule has 0 amide bonds. The van der Waals surface area contributed by atoms with E-state index in [1.807, 2.05) is 6.92 Å². The first-order valence-corrected chi connectivity index (χ1v) is 12.8. The van der Waals surface area contributed by atoms with E-state index in [0.717, 1.165) is 18.4 Å². The van der Waals surface area contributed by atoms with Crippen LogP contribution in [0.2, 0.25) is 5.02 Å². The summed E-state index contributed by atoms with van der Waals surface area (Å²) < 4.78 is 10.6. The predicted octanol–water partition coefficient (Wildman–Crippen LogP) is 4.43. The number of unbranched alkanes of at least 4 members (excludes halogenated alkanes) is 1. The van der Waals surface area contributed by atoms with Gasteiger partial charge in [-0.15, -0.1) is 0 Å². The zero-order valence-corrected chi connectivity index (χ0v) is 22.7. The maximum atomic E-state index is 10.6. The number of aromatic hydroxyl groups is 1. The highest BCUT2D eigenvalue weighted by Gasteiger charge is 2.15. The van der Waals surface area contributed by atoms with Crippen molar-refractivity contribution in [2.75, 3.05) is 25.9 Å². The number of hydrogen-bond donors (Lipinski definition) is 4. The van der Waals surface area contributed by atoms with Gasteiger partial charge in [-0.3, -0.25) is 14.8 Å². The molecule has 0 aliphatic heterocycles. The number of halogens is 1. The fourth-order valence-electron chi connectivity index (χ4n) is 3.07. The summed E-state index contributed by atoms with van der Waals surface area (Å²) in [5.41, 5.74) is 13.4. The number of rotatable bonds is 11. The molecule has 11 heteroatoms. The Balaban J connectivity index is 0.000000568. The number of nitrogens with zero attached hydrogens (tertiary/aromatic N) is 3. The smallest absolute Gasteiger partial charge is 0.161 e. The lowest BCUT2D eigenvalue weighted by Gasteiger charge is -2.22. The molecular formula is C26H35ClN6O3S. The van der Waals surface area contributed by atoms with Crippen molar-refractivity contribution in [3.8, 4) is 5.75 Å². The van der Waals surface area contributed by atoms with Gasteiger partial charge in [0.05, 0.1) is 16.5 Å². The molecule has 1 atom stereocenters. The lowest BCUT2D eigenvalue weighted by Crippen LogP contribution is -2.28. The second kappa shape index (κ2) is 17.2. The number of hydrogen-bond acceptors (Lipinski definition) is 7. The average Bonchev–Trinajstić information content (AvgIpc) is 2.86. The van der Waals surface area contributed by atoms with Gasteiger partial charge in [0.25, 0.3) is 0 Å². The van der Waals surface area contributed by atoms with Crippen LogP contribution in [0.15, 0.2) is 88.0 Å². The number of aliphatic imine (C=N–C) groups is 2. The number of hydroxylamine groups is 2. The second-order valence-electron chi connectivity index (χ2n) is 7.48. The van der Waals surface area contributed by atoms with Crippen molar-refractivity contribution in [3.05, 3.63) is 83.7 Å². The van der Waals surface area contributed by atoms with Gasteiger partial charge in [-0.1, -0.05) is 30.3 Å². The van der Waals surface area contributed by atoms with Crippen LogP contribution in [0, 0.1) is 0 Å². The summed E-state index contributed by atoms with van der Waals surface area (Å²) in [6.07, 6.45) is 6.57. The molecule has 1 unspecified atom stereocenters. The maximum Gasteiger partial charge on any atom is 0.161 e. The fourth-order valence-corrected chi connectivity index (χ4v) is 3.85. The predicted molar refractivity (Wildman–Crippen MR) is 155 cm³/mol. The Morgan fingerprint density at radius 2 is 1.97 bits per heavy atom. The van der Waals surface area contributed by atoms with Crippen LogP contribution in [0.5, 0.6) is 5.75 Å². The Labute approximate surface area is 226 Å². The summed E-state index contributed by atoms with van der Waals surface area (Å²) in [5.74, 6) is 0.590. The van der Waals surface area contributed by atoms with E-state index in [2.05, 4.69) is 23.3 Å². The first-order valence-electron chi connectivity index (χ1n) is 11.3. The molecule has 0 heterocycles. The first-order chi connectivity index (χ1) is 17.7. The number of amidine groups is 1. The highest BCUT2D eigenvalue weighted by Crippen LogP contribution is 2.32. The fraction of sp³-hybridized carbons (Fsp3) is 0.231. The Kier molecular flexibility index (Phi) is 14.8. The van der Waals surface area contributed by atoms with E-state index in [9.17, 15) is 9.32 Å². The Morgan fingerprint density at radius 1 is 1.27 bits per heavy atom. The van der Waals surface area contributed by atoms with Gasteiger partial charge in [0, 0.05) is 36.3 Å². The average molecular weight is 547 g/mol. The molecule has 37 heavy (non-hydrogen) atoms. The van der Waals surface area contributed by atoms with E-state index in [1.54, 1.807) is 61.8 Å². The quantitative estimate of drug-likeness (QED) is 0.0816. The molecule has 7 N–H and O–H groups in total. The highest BCUT2D eigenvalue weighted by atomic mass is 35.5. The van der Waals surface area contributed by atoms with Crippen LogP contribution in [0.4, 0.5) is 5.69 Å². The van der Waals surface area contributed by atoms with Crippen molar-refractivity contribution in [1.82, 2.24) is 5.06 Å².